The van der Waals surface area contributed by atoms with Crippen LogP contribution in [0, 0.1) is 5.92 Å². The van der Waals surface area contributed by atoms with Gasteiger partial charge in [0, 0.05) is 12.1 Å². The third-order valence-electron chi connectivity index (χ3n) is 3.18. The van der Waals surface area contributed by atoms with Gasteiger partial charge in [-0.2, -0.15) is 0 Å². The summed E-state index contributed by atoms with van der Waals surface area (Å²) in [6.07, 6.45) is 4.76. The number of rotatable bonds is 4. The van der Waals surface area contributed by atoms with E-state index in [4.69, 9.17) is 16.7 Å². The number of nitrogens with two attached hydrogens (primary N) is 2. The number of nitrogen functional groups attached to an aromatic ring is 1. The lowest BCUT2D eigenvalue weighted by Gasteiger charge is -2.19. The van der Waals surface area contributed by atoms with Gasteiger partial charge in [0.1, 0.15) is 17.3 Å². The van der Waals surface area contributed by atoms with Crippen LogP contribution >= 0.6 is 0 Å². The van der Waals surface area contributed by atoms with Crippen molar-refractivity contribution in [2.75, 3.05) is 5.73 Å². The summed E-state index contributed by atoms with van der Waals surface area (Å²) in [5.41, 5.74) is 13.5. The number of oxime groups is 1. The molecule has 0 bridgehead atoms. The maximum atomic E-state index is 8.89. The molecule has 1 atom stereocenters. The van der Waals surface area contributed by atoms with Gasteiger partial charge in [-0.05, 0) is 17.5 Å². The predicted molar refractivity (Wildman–Crippen MR) is 80.7 cm³/mol. The lowest BCUT2D eigenvalue weighted by atomic mass is 9.88. The molecule has 5 N–H and O–H groups in total. The second-order valence-electron chi connectivity index (χ2n) is 5.05. The van der Waals surface area contributed by atoms with E-state index >= 15 is 0 Å². The van der Waals surface area contributed by atoms with Gasteiger partial charge in [0.15, 0.2) is 0 Å². The second-order valence-corrected chi connectivity index (χ2v) is 5.05. The van der Waals surface area contributed by atoms with Crippen LogP contribution in [0.2, 0.25) is 0 Å². The maximum Gasteiger partial charge on any atom is 0.147 e. The molecule has 7 heteroatoms. The van der Waals surface area contributed by atoms with Crippen LogP contribution in [0.5, 0.6) is 0 Å². The molecule has 0 aliphatic carbocycles. The van der Waals surface area contributed by atoms with Crippen LogP contribution in [0.4, 0.5) is 5.82 Å². The average molecular weight is 286 g/mol. The Morgan fingerprint density at radius 2 is 1.81 bits per heavy atom. The normalized spacial score (nSPS) is 13.4. The molecule has 1 unspecified atom stereocenters. The van der Waals surface area contributed by atoms with Gasteiger partial charge in [0.2, 0.25) is 0 Å². The topological polar surface area (TPSA) is 123 Å². The molecular formula is C14H18N6O. The second kappa shape index (κ2) is 6.17. The predicted octanol–water partition coefficient (Wildman–Crippen LogP) is 1.61. The fourth-order valence-corrected chi connectivity index (χ4v) is 2.17. The Morgan fingerprint density at radius 1 is 1.10 bits per heavy atom. The van der Waals surface area contributed by atoms with Crippen molar-refractivity contribution in [1.29, 1.82) is 0 Å². The minimum atomic E-state index is -0.186. The van der Waals surface area contributed by atoms with Crippen molar-refractivity contribution >= 4 is 11.7 Å². The lowest BCUT2D eigenvalue weighted by Crippen LogP contribution is -2.26. The molecular weight excluding hydrogens is 268 g/mol. The minimum absolute atomic E-state index is 0.173. The van der Waals surface area contributed by atoms with Crippen LogP contribution in [-0.4, -0.2) is 26.0 Å². The van der Waals surface area contributed by atoms with Crippen LogP contribution in [0.1, 0.15) is 25.3 Å². The van der Waals surface area contributed by atoms with Crippen molar-refractivity contribution in [1.82, 2.24) is 15.0 Å². The number of pyridine rings is 1. The quantitative estimate of drug-likeness (QED) is 0.339. The Hall–Kier alpha value is -2.70. The summed E-state index contributed by atoms with van der Waals surface area (Å²) >= 11 is 0. The van der Waals surface area contributed by atoms with E-state index in [0.717, 1.165) is 5.56 Å². The molecule has 0 spiro atoms. The van der Waals surface area contributed by atoms with E-state index in [1.807, 2.05) is 26.0 Å². The fraction of sp³-hybridized carbons (Fsp3) is 0.286. The monoisotopic (exact) mass is 286 g/mol. The van der Waals surface area contributed by atoms with Crippen molar-refractivity contribution in [2.24, 2.45) is 16.8 Å². The van der Waals surface area contributed by atoms with Crippen LogP contribution < -0.4 is 11.5 Å². The summed E-state index contributed by atoms with van der Waals surface area (Å²) in [5, 5.41) is 12.0. The maximum absolute atomic E-state index is 8.89. The van der Waals surface area contributed by atoms with Gasteiger partial charge in [-0.25, -0.2) is 9.97 Å². The molecule has 2 aromatic heterocycles. The van der Waals surface area contributed by atoms with E-state index in [1.165, 1.54) is 6.20 Å². The zero-order valence-electron chi connectivity index (χ0n) is 11.9. The summed E-state index contributed by atoms with van der Waals surface area (Å²) in [6, 6.07) is 3.72. The highest BCUT2D eigenvalue weighted by Crippen LogP contribution is 2.25. The molecule has 0 amide bonds. The zero-order chi connectivity index (χ0) is 15.4. The van der Waals surface area contributed by atoms with E-state index in [9.17, 15) is 0 Å². The molecule has 0 saturated heterocycles. The number of aromatic nitrogens is 3. The largest absolute Gasteiger partial charge is 0.409 e. The van der Waals surface area contributed by atoms with Gasteiger partial charge >= 0.3 is 0 Å². The van der Waals surface area contributed by atoms with Crippen LogP contribution in [0.3, 0.4) is 0 Å². The molecule has 2 aromatic rings. The SMILES string of the molecule is CC(C)C(/C(N)=N/O)c1ccc(-c2cnc(N)cn2)nc1. The first kappa shape index (κ1) is 14.7. The molecule has 0 fully saturated rings. The van der Waals surface area contributed by atoms with Crippen molar-refractivity contribution in [3.8, 4) is 11.4 Å². The number of hydrogen-bond donors (Lipinski definition) is 3. The van der Waals surface area contributed by atoms with Crippen LogP contribution in [0.15, 0.2) is 35.9 Å². The standard InChI is InChI=1S/C14H18N6O/c1-8(2)13(14(16)20-21)9-3-4-10(17-5-9)11-6-19-12(15)7-18-11/h3-8,13,21H,1-2H3,(H2,15,19)(H2,16,20). The van der Waals surface area contributed by atoms with Gasteiger partial charge in [0.05, 0.1) is 18.1 Å². The number of anilines is 1. The zero-order valence-corrected chi connectivity index (χ0v) is 11.9. The minimum Gasteiger partial charge on any atom is -0.409 e. The van der Waals surface area contributed by atoms with E-state index in [0.29, 0.717) is 17.2 Å². The first-order valence-electron chi connectivity index (χ1n) is 6.54. The van der Waals surface area contributed by atoms with E-state index in [-0.39, 0.29) is 17.7 Å². The van der Waals surface area contributed by atoms with Gasteiger partial charge < -0.3 is 16.7 Å². The Morgan fingerprint density at radius 3 is 2.29 bits per heavy atom. The highest BCUT2D eigenvalue weighted by molar-refractivity contribution is 5.87. The van der Waals surface area contributed by atoms with Gasteiger partial charge in [-0.15, -0.1) is 0 Å². The number of nitrogens with zero attached hydrogens (tertiary/aromatic N) is 4. The van der Waals surface area contributed by atoms with Crippen molar-refractivity contribution in [3.05, 3.63) is 36.3 Å². The molecule has 0 aromatic carbocycles. The highest BCUT2D eigenvalue weighted by atomic mass is 16.4. The Bertz CT molecular complexity index is 621. The molecule has 110 valence electrons. The summed E-state index contributed by atoms with van der Waals surface area (Å²) in [4.78, 5) is 12.5. The van der Waals surface area contributed by atoms with Crippen molar-refractivity contribution in [3.63, 3.8) is 0 Å². The lowest BCUT2D eigenvalue weighted by molar-refractivity contribution is 0.314. The number of hydrogen-bond acceptors (Lipinski definition) is 6. The van der Waals surface area contributed by atoms with Crippen molar-refractivity contribution in [2.45, 2.75) is 19.8 Å². The van der Waals surface area contributed by atoms with Gasteiger partial charge in [0.25, 0.3) is 0 Å². The molecule has 0 aliphatic rings. The third-order valence-corrected chi connectivity index (χ3v) is 3.18. The fourth-order valence-electron chi connectivity index (χ4n) is 2.17. The van der Waals surface area contributed by atoms with Gasteiger partial charge in [-0.1, -0.05) is 25.1 Å². The summed E-state index contributed by atoms with van der Waals surface area (Å²) in [5.74, 6) is 0.535. The summed E-state index contributed by atoms with van der Waals surface area (Å²) < 4.78 is 0. The molecule has 21 heavy (non-hydrogen) atoms. The smallest absolute Gasteiger partial charge is 0.147 e. The van der Waals surface area contributed by atoms with Crippen LogP contribution in [0.25, 0.3) is 11.4 Å². The van der Waals surface area contributed by atoms with Crippen molar-refractivity contribution < 1.29 is 5.21 Å². The highest BCUT2D eigenvalue weighted by Gasteiger charge is 2.21. The average Bonchev–Trinajstić information content (AvgIpc) is 2.48. The molecule has 7 nitrogen and oxygen atoms in total. The van der Waals surface area contributed by atoms with Crippen LogP contribution in [-0.2, 0) is 0 Å². The summed E-state index contributed by atoms with van der Waals surface area (Å²) in [6.45, 7) is 4.00. The molecule has 2 heterocycles. The first-order valence-corrected chi connectivity index (χ1v) is 6.54. The molecule has 0 saturated carbocycles. The van der Waals surface area contributed by atoms with E-state index < -0.39 is 0 Å². The van der Waals surface area contributed by atoms with E-state index in [2.05, 4.69) is 20.1 Å². The molecule has 2 rings (SSSR count). The van der Waals surface area contributed by atoms with E-state index in [1.54, 1.807) is 12.4 Å². The molecule has 0 radical (unpaired) electrons. The Labute approximate surface area is 122 Å². The Balaban J connectivity index is 2.31. The molecule has 0 aliphatic heterocycles. The third kappa shape index (κ3) is 3.25. The van der Waals surface area contributed by atoms with Gasteiger partial charge in [-0.3, -0.25) is 4.98 Å². The number of amidine groups is 1. The summed E-state index contributed by atoms with van der Waals surface area (Å²) in [7, 11) is 0. The first-order chi connectivity index (χ1) is 10.0. The Kier molecular flexibility index (Phi) is 4.32.